The van der Waals surface area contributed by atoms with Crippen molar-refractivity contribution in [2.75, 3.05) is 40.0 Å². The lowest BCUT2D eigenvalue weighted by Gasteiger charge is -2.37. The third-order valence-electron chi connectivity index (χ3n) is 5.89. The van der Waals surface area contributed by atoms with Gasteiger partial charge in [-0.3, -0.25) is 9.59 Å². The van der Waals surface area contributed by atoms with Gasteiger partial charge in [-0.25, -0.2) is 4.39 Å². The van der Waals surface area contributed by atoms with Crippen molar-refractivity contribution >= 4 is 34.8 Å². The van der Waals surface area contributed by atoms with Crippen molar-refractivity contribution in [3.8, 4) is 5.75 Å². The Balaban J connectivity index is 1.52. The number of benzene rings is 2. The van der Waals surface area contributed by atoms with Crippen LogP contribution in [0.5, 0.6) is 5.75 Å². The molecule has 0 spiro atoms. The predicted molar refractivity (Wildman–Crippen MR) is 134 cm³/mol. The molecule has 2 heterocycles. The van der Waals surface area contributed by atoms with Crippen LogP contribution in [0.15, 0.2) is 60.0 Å². The molecular formula is C26H26ClFN2O4S. The molecule has 184 valence electrons. The second-order valence-corrected chi connectivity index (χ2v) is 9.58. The van der Waals surface area contributed by atoms with Gasteiger partial charge in [-0.15, -0.1) is 11.3 Å². The number of rotatable bonds is 9. The lowest BCUT2D eigenvalue weighted by Crippen LogP contribution is -2.48. The molecule has 4 rings (SSSR count). The van der Waals surface area contributed by atoms with E-state index in [4.69, 9.17) is 21.1 Å². The number of carbonyl (C=O) groups excluding carboxylic acids is 2. The minimum atomic E-state index is -0.340. The fraction of sp³-hybridized carbons (Fsp3) is 0.308. The topological polar surface area (TPSA) is 59.1 Å². The highest BCUT2D eigenvalue weighted by Crippen LogP contribution is 2.34. The Morgan fingerprint density at radius 3 is 2.74 bits per heavy atom. The summed E-state index contributed by atoms with van der Waals surface area (Å²) in [6.45, 7) is 1.21. The maximum atomic E-state index is 13.5. The molecule has 1 unspecified atom stereocenters. The third kappa shape index (κ3) is 6.20. The molecule has 0 saturated carbocycles. The average molecular weight is 517 g/mol. The summed E-state index contributed by atoms with van der Waals surface area (Å²) in [4.78, 5) is 31.2. The summed E-state index contributed by atoms with van der Waals surface area (Å²) in [6, 6.07) is 14.2. The van der Waals surface area contributed by atoms with Crippen LogP contribution in [0.1, 0.15) is 26.8 Å². The van der Waals surface area contributed by atoms with Gasteiger partial charge in [0.25, 0.3) is 5.91 Å². The first-order valence-electron chi connectivity index (χ1n) is 11.2. The van der Waals surface area contributed by atoms with Gasteiger partial charge in [0, 0.05) is 35.7 Å². The molecule has 0 radical (unpaired) electrons. The molecule has 2 amide bonds. The number of carbonyl (C=O) groups is 2. The first kappa shape index (κ1) is 25.2. The number of hydrogen-bond acceptors (Lipinski definition) is 5. The van der Waals surface area contributed by atoms with E-state index in [1.807, 2.05) is 11.4 Å². The van der Waals surface area contributed by atoms with Crippen molar-refractivity contribution in [1.29, 1.82) is 0 Å². The van der Waals surface area contributed by atoms with E-state index in [0.717, 1.165) is 12.0 Å². The number of methoxy groups -OCH3 is 1. The maximum Gasteiger partial charge on any atom is 0.254 e. The Hall–Kier alpha value is -2.94. The molecule has 6 nitrogen and oxygen atoms in total. The number of halogens is 2. The van der Waals surface area contributed by atoms with Crippen molar-refractivity contribution < 1.29 is 23.5 Å². The summed E-state index contributed by atoms with van der Waals surface area (Å²) in [6.07, 6.45) is 0.742. The molecule has 2 aromatic carbocycles. The second kappa shape index (κ2) is 11.7. The summed E-state index contributed by atoms with van der Waals surface area (Å²) in [5, 5.41) is 2.46. The van der Waals surface area contributed by atoms with Crippen LogP contribution in [-0.2, 0) is 16.0 Å². The Bertz CT molecular complexity index is 1170. The molecule has 3 aromatic rings. The summed E-state index contributed by atoms with van der Waals surface area (Å²) in [5.41, 5.74) is 1.46. The highest BCUT2D eigenvalue weighted by Gasteiger charge is 2.33. The Morgan fingerprint density at radius 1 is 1.20 bits per heavy atom. The van der Waals surface area contributed by atoms with Crippen LogP contribution < -0.4 is 4.74 Å². The molecule has 0 bridgehead atoms. The standard InChI is InChI=1S/C26H26ClFN2O4S/c1-33-13-12-29(26(32)18-3-2-4-19(27)15-18)16-25(31)30-11-9-24-22(10-14-35-24)23(30)17-34-21-7-5-20(28)6-8-21/h2-8,10,14-15,23H,9,11-13,16-17H2,1H3. The van der Waals surface area contributed by atoms with Gasteiger partial charge >= 0.3 is 0 Å². The molecule has 0 N–H and O–H groups in total. The van der Waals surface area contributed by atoms with E-state index in [1.165, 1.54) is 21.9 Å². The highest BCUT2D eigenvalue weighted by atomic mass is 35.5. The van der Waals surface area contributed by atoms with Gasteiger partial charge in [-0.1, -0.05) is 17.7 Å². The molecule has 1 atom stereocenters. The van der Waals surface area contributed by atoms with E-state index in [1.54, 1.807) is 59.7 Å². The van der Waals surface area contributed by atoms with Gasteiger partial charge in [0.2, 0.25) is 5.91 Å². The summed E-state index contributed by atoms with van der Waals surface area (Å²) in [5.74, 6) is -0.280. The smallest absolute Gasteiger partial charge is 0.254 e. The summed E-state index contributed by atoms with van der Waals surface area (Å²) in [7, 11) is 1.55. The van der Waals surface area contributed by atoms with E-state index in [2.05, 4.69) is 0 Å². The molecule has 1 aromatic heterocycles. The normalized spacial score (nSPS) is 14.9. The summed E-state index contributed by atoms with van der Waals surface area (Å²) >= 11 is 7.73. The monoisotopic (exact) mass is 516 g/mol. The zero-order chi connectivity index (χ0) is 24.8. The lowest BCUT2D eigenvalue weighted by molar-refractivity contribution is -0.135. The first-order chi connectivity index (χ1) is 17.0. The molecule has 9 heteroatoms. The summed E-state index contributed by atoms with van der Waals surface area (Å²) < 4.78 is 24.4. The highest BCUT2D eigenvalue weighted by molar-refractivity contribution is 7.10. The minimum Gasteiger partial charge on any atom is -0.491 e. The van der Waals surface area contributed by atoms with Gasteiger partial charge in [-0.05, 0) is 65.9 Å². The quantitative estimate of drug-likeness (QED) is 0.408. The van der Waals surface area contributed by atoms with Crippen LogP contribution in [0.2, 0.25) is 5.02 Å². The van der Waals surface area contributed by atoms with Crippen LogP contribution in [0, 0.1) is 5.82 Å². The van der Waals surface area contributed by atoms with Crippen LogP contribution in [0.25, 0.3) is 0 Å². The van der Waals surface area contributed by atoms with Gasteiger partial charge in [0.15, 0.2) is 0 Å². The minimum absolute atomic E-state index is 0.0960. The number of ether oxygens (including phenoxy) is 2. The van der Waals surface area contributed by atoms with Crippen LogP contribution in [-0.4, -0.2) is 61.6 Å². The maximum absolute atomic E-state index is 13.5. The van der Waals surface area contributed by atoms with Crippen molar-refractivity contribution in [2.45, 2.75) is 12.5 Å². The zero-order valence-electron chi connectivity index (χ0n) is 19.3. The average Bonchev–Trinajstić information content (AvgIpc) is 3.34. The van der Waals surface area contributed by atoms with Gasteiger partial charge in [0.05, 0.1) is 12.6 Å². The largest absolute Gasteiger partial charge is 0.491 e. The molecule has 0 saturated heterocycles. The fourth-order valence-corrected chi connectivity index (χ4v) is 5.21. The van der Waals surface area contributed by atoms with E-state index in [0.29, 0.717) is 29.5 Å². The Morgan fingerprint density at radius 2 is 2.00 bits per heavy atom. The number of thiophene rings is 1. The van der Waals surface area contributed by atoms with Crippen LogP contribution in [0.3, 0.4) is 0 Å². The SMILES string of the molecule is COCCN(CC(=O)N1CCc2sccc2C1COc1ccc(F)cc1)C(=O)c1cccc(Cl)c1. The van der Waals surface area contributed by atoms with Crippen molar-refractivity contribution in [1.82, 2.24) is 9.80 Å². The number of fused-ring (bicyclic) bond motifs is 1. The number of nitrogens with zero attached hydrogens (tertiary/aromatic N) is 2. The molecular weight excluding hydrogens is 491 g/mol. The van der Waals surface area contributed by atoms with E-state index in [9.17, 15) is 14.0 Å². The van der Waals surface area contributed by atoms with Crippen LogP contribution in [0.4, 0.5) is 4.39 Å². The first-order valence-corrected chi connectivity index (χ1v) is 12.5. The van der Waals surface area contributed by atoms with Gasteiger partial charge < -0.3 is 19.3 Å². The van der Waals surface area contributed by atoms with Crippen LogP contribution >= 0.6 is 22.9 Å². The van der Waals surface area contributed by atoms with E-state index < -0.39 is 0 Å². The Labute approximate surface area is 212 Å². The van der Waals surface area contributed by atoms with Gasteiger partial charge in [0.1, 0.15) is 24.7 Å². The predicted octanol–water partition coefficient (Wildman–Crippen LogP) is 4.83. The van der Waals surface area contributed by atoms with Gasteiger partial charge in [-0.2, -0.15) is 0 Å². The number of amides is 2. The van der Waals surface area contributed by atoms with E-state index in [-0.39, 0.29) is 43.4 Å². The molecule has 1 aliphatic heterocycles. The van der Waals surface area contributed by atoms with Crippen molar-refractivity contribution in [2.24, 2.45) is 0 Å². The zero-order valence-corrected chi connectivity index (χ0v) is 20.9. The molecule has 0 fully saturated rings. The molecule has 0 aliphatic carbocycles. The second-order valence-electron chi connectivity index (χ2n) is 8.15. The lowest BCUT2D eigenvalue weighted by atomic mass is 10.0. The fourth-order valence-electron chi connectivity index (χ4n) is 4.09. The Kier molecular flexibility index (Phi) is 8.38. The molecule has 1 aliphatic rings. The third-order valence-corrected chi connectivity index (χ3v) is 7.12. The van der Waals surface area contributed by atoms with Crippen molar-refractivity contribution in [3.05, 3.63) is 86.8 Å². The van der Waals surface area contributed by atoms with Crippen molar-refractivity contribution in [3.63, 3.8) is 0 Å². The number of hydrogen-bond donors (Lipinski definition) is 0. The molecule has 35 heavy (non-hydrogen) atoms. The van der Waals surface area contributed by atoms with E-state index >= 15 is 0 Å².